The Morgan fingerprint density at radius 1 is 1.09 bits per heavy atom. The molecule has 174 valence electrons. The zero-order valence-corrected chi connectivity index (χ0v) is 17.9. The molecule has 32 heavy (non-hydrogen) atoms. The quantitative estimate of drug-likeness (QED) is 0.386. The maximum absolute atomic E-state index is 9.04. The second-order valence-electron chi connectivity index (χ2n) is 6.58. The van der Waals surface area contributed by atoms with E-state index in [1.54, 1.807) is 14.2 Å². The normalized spacial score (nSPS) is 17.1. The lowest BCUT2D eigenvalue weighted by molar-refractivity contribution is -0.661. The Kier molecular flexibility index (Phi) is 10.2. The molecule has 1 fully saturated rings. The van der Waals surface area contributed by atoms with Gasteiger partial charge in [0, 0.05) is 5.56 Å². The summed E-state index contributed by atoms with van der Waals surface area (Å²) in [5.74, 6) is -2.04. The van der Waals surface area contributed by atoms with E-state index in [1.807, 2.05) is 48.5 Å². The Labute approximate surface area is 185 Å². The van der Waals surface area contributed by atoms with Crippen LogP contribution in [0.1, 0.15) is 11.9 Å². The molecule has 1 aliphatic heterocycles. The number of carboxylic acid groups (broad SMARTS) is 2. The number of aliphatic carboxylic acids is 2. The monoisotopic (exact) mass is 449 g/mol. The number of hydrogen-bond donors (Lipinski definition) is 2. The van der Waals surface area contributed by atoms with Crippen LogP contribution in [0.3, 0.4) is 0 Å². The number of quaternary nitrogens is 1. The van der Waals surface area contributed by atoms with E-state index in [2.05, 4.69) is 5.32 Å². The lowest BCUT2D eigenvalue weighted by Gasteiger charge is -2.14. The fourth-order valence-corrected chi connectivity index (χ4v) is 2.86. The van der Waals surface area contributed by atoms with E-state index < -0.39 is 11.9 Å². The van der Waals surface area contributed by atoms with Crippen molar-refractivity contribution in [3.8, 4) is 17.2 Å². The first-order valence-corrected chi connectivity index (χ1v) is 9.88. The van der Waals surface area contributed by atoms with Gasteiger partial charge in [-0.3, -0.25) is 0 Å². The number of hydrogen-bond acceptors (Lipinski definition) is 8. The predicted molar refractivity (Wildman–Crippen MR) is 109 cm³/mol. The first-order chi connectivity index (χ1) is 15.5. The minimum absolute atomic E-state index is 0.0843. The third kappa shape index (κ3) is 7.73. The highest BCUT2D eigenvalue weighted by molar-refractivity contribution is 6.26. The van der Waals surface area contributed by atoms with Crippen LogP contribution in [0.4, 0.5) is 0 Å². The van der Waals surface area contributed by atoms with Crippen molar-refractivity contribution in [1.29, 1.82) is 0 Å². The fourth-order valence-electron chi connectivity index (χ4n) is 2.86. The van der Waals surface area contributed by atoms with E-state index in [4.69, 9.17) is 43.5 Å². The molecule has 0 saturated carbocycles. The summed E-state index contributed by atoms with van der Waals surface area (Å²) in [6.45, 7) is 2.79. The Morgan fingerprint density at radius 2 is 1.72 bits per heavy atom. The maximum Gasteiger partial charge on any atom is 0.351 e. The minimum atomic E-state index is -2.07. The number of methoxy groups -OCH3 is 2. The van der Waals surface area contributed by atoms with Crippen molar-refractivity contribution in [2.75, 3.05) is 40.5 Å². The van der Waals surface area contributed by atoms with E-state index in [0.29, 0.717) is 30.5 Å². The topological polar surface area (TPSA) is 140 Å². The number of rotatable bonds is 9. The van der Waals surface area contributed by atoms with Crippen molar-refractivity contribution >= 4 is 11.9 Å². The molecule has 0 aliphatic carbocycles. The van der Waals surface area contributed by atoms with Gasteiger partial charge in [0.1, 0.15) is 25.8 Å². The Hall–Kier alpha value is -3.34. The zero-order chi connectivity index (χ0) is 23.3. The van der Waals surface area contributed by atoms with Crippen LogP contribution in [-0.4, -0.2) is 63.7 Å². The zero-order valence-electron chi connectivity index (χ0n) is 17.9. The van der Waals surface area contributed by atoms with Gasteiger partial charge >= 0.3 is 5.97 Å². The smallest absolute Gasteiger partial charge is 0.351 e. The largest absolute Gasteiger partial charge is 0.539 e. The number of para-hydroxylation sites is 1. The molecule has 10 heteroatoms. The molecule has 1 aliphatic rings. The summed E-state index contributed by atoms with van der Waals surface area (Å²) in [6, 6.07) is 15.6. The van der Waals surface area contributed by atoms with Crippen molar-refractivity contribution < 1.29 is 48.8 Å². The molecule has 0 unspecified atom stereocenters. The average Bonchev–Trinajstić information content (AvgIpc) is 3.28. The second kappa shape index (κ2) is 13.2. The van der Waals surface area contributed by atoms with E-state index in [9.17, 15) is 0 Å². The van der Waals surface area contributed by atoms with Gasteiger partial charge in [0.05, 0.1) is 20.8 Å². The molecule has 2 aromatic carbocycles. The number of carboxylic acids is 2. The first-order valence-electron chi connectivity index (χ1n) is 9.88. The van der Waals surface area contributed by atoms with Crippen LogP contribution in [-0.2, 0) is 19.1 Å². The number of nitrogens with two attached hydrogens (primary N) is 1. The molecule has 2 atom stereocenters. The molecule has 10 nitrogen and oxygen atoms in total. The van der Waals surface area contributed by atoms with E-state index in [0.717, 1.165) is 18.7 Å². The van der Waals surface area contributed by atoms with Crippen LogP contribution in [0.15, 0.2) is 48.5 Å². The molecule has 3 rings (SSSR count). The standard InChI is InChI=1S/C20H25NO5.C2H2O4/c1-22-17-9-6-10-18(23-2)19(17)24-12-11-21-13-16-14-25-20(26-16)15-7-4-3-5-8-15;3-1(4)2(5)6/h3-10,16,20-21H,11-14H2,1-2H3;(H,3,4)(H,5,6)/t16-,20-;/m0./s1. The third-order valence-electron chi connectivity index (χ3n) is 4.38. The van der Waals surface area contributed by atoms with Gasteiger partial charge in [-0.15, -0.1) is 0 Å². The van der Waals surface area contributed by atoms with Gasteiger partial charge in [-0.25, -0.2) is 4.79 Å². The van der Waals surface area contributed by atoms with Crippen LogP contribution in [0.25, 0.3) is 0 Å². The number of ether oxygens (including phenoxy) is 5. The van der Waals surface area contributed by atoms with Crippen LogP contribution < -0.4 is 24.6 Å². The molecule has 1 heterocycles. The van der Waals surface area contributed by atoms with Gasteiger partial charge in [0.2, 0.25) is 5.75 Å². The van der Waals surface area contributed by atoms with Crippen LogP contribution in [0, 0.1) is 0 Å². The average molecular weight is 449 g/mol. The predicted octanol–water partition coefficient (Wildman–Crippen LogP) is -0.419. The van der Waals surface area contributed by atoms with Gasteiger partial charge < -0.3 is 44.0 Å². The summed E-state index contributed by atoms with van der Waals surface area (Å²) in [6.07, 6.45) is -0.176. The second-order valence-corrected chi connectivity index (χ2v) is 6.58. The SMILES string of the molecule is COc1cccc(OC)c1OCC[NH2+]C[C@H]1CO[C@H](c2ccccc2)O1.O=C([O-])C(=O)O. The van der Waals surface area contributed by atoms with Crippen LogP contribution in [0.2, 0.25) is 0 Å². The summed E-state index contributed by atoms with van der Waals surface area (Å²) in [7, 11) is 3.24. The van der Waals surface area contributed by atoms with E-state index >= 15 is 0 Å². The summed E-state index contributed by atoms with van der Waals surface area (Å²) >= 11 is 0. The van der Waals surface area contributed by atoms with Crippen molar-refractivity contribution in [3.05, 3.63) is 54.1 Å². The summed E-state index contributed by atoms with van der Waals surface area (Å²) in [4.78, 5) is 18.0. The van der Waals surface area contributed by atoms with Crippen molar-refractivity contribution in [2.45, 2.75) is 12.4 Å². The van der Waals surface area contributed by atoms with Gasteiger partial charge in [-0.2, -0.15) is 0 Å². The highest BCUT2D eigenvalue weighted by atomic mass is 16.7. The van der Waals surface area contributed by atoms with E-state index in [-0.39, 0.29) is 12.4 Å². The number of carbonyl (C=O) groups excluding carboxylic acids is 1. The molecule has 1 saturated heterocycles. The molecule has 0 radical (unpaired) electrons. The number of benzene rings is 2. The molecular weight excluding hydrogens is 422 g/mol. The van der Waals surface area contributed by atoms with Gasteiger partial charge in [0.25, 0.3) is 0 Å². The number of carbonyl (C=O) groups is 2. The van der Waals surface area contributed by atoms with Crippen LogP contribution in [0.5, 0.6) is 17.2 Å². The van der Waals surface area contributed by atoms with Gasteiger partial charge in [-0.05, 0) is 12.1 Å². The Bertz CT molecular complexity index is 825. The van der Waals surface area contributed by atoms with Crippen molar-refractivity contribution in [3.63, 3.8) is 0 Å². The first kappa shape index (κ1) is 24.9. The van der Waals surface area contributed by atoms with Crippen molar-refractivity contribution in [2.24, 2.45) is 0 Å². The third-order valence-corrected chi connectivity index (χ3v) is 4.38. The maximum atomic E-state index is 9.04. The lowest BCUT2D eigenvalue weighted by Crippen LogP contribution is -2.87. The summed E-state index contributed by atoms with van der Waals surface area (Å²) < 4.78 is 28.2. The van der Waals surface area contributed by atoms with E-state index in [1.165, 1.54) is 0 Å². The molecule has 2 aromatic rings. The Balaban J connectivity index is 0.000000534. The highest BCUT2D eigenvalue weighted by Crippen LogP contribution is 2.36. The Morgan fingerprint density at radius 3 is 2.28 bits per heavy atom. The molecule has 0 spiro atoms. The molecular formula is C22H27NO9. The summed E-state index contributed by atoms with van der Waals surface area (Å²) in [5.41, 5.74) is 1.06. The minimum Gasteiger partial charge on any atom is -0.539 e. The molecule has 0 aromatic heterocycles. The van der Waals surface area contributed by atoms with Gasteiger partial charge in [0.15, 0.2) is 23.8 Å². The summed E-state index contributed by atoms with van der Waals surface area (Å²) in [5, 5.41) is 18.5. The van der Waals surface area contributed by atoms with Crippen LogP contribution >= 0.6 is 0 Å². The van der Waals surface area contributed by atoms with Crippen molar-refractivity contribution in [1.82, 2.24) is 0 Å². The van der Waals surface area contributed by atoms with Gasteiger partial charge in [-0.1, -0.05) is 36.4 Å². The molecule has 0 bridgehead atoms. The molecule has 3 N–H and O–H groups in total. The highest BCUT2D eigenvalue weighted by Gasteiger charge is 2.28. The fraction of sp³-hybridized carbons (Fsp3) is 0.364. The lowest BCUT2D eigenvalue weighted by atomic mass is 10.2. The molecule has 0 amide bonds.